The molecule has 56 valence electrons. The van der Waals surface area contributed by atoms with Crippen LogP contribution in [0.5, 0.6) is 0 Å². The first-order chi connectivity index (χ1) is 4.97. The van der Waals surface area contributed by atoms with Crippen molar-refractivity contribution in [3.63, 3.8) is 0 Å². The van der Waals surface area contributed by atoms with Crippen LogP contribution in [0, 0.1) is 6.20 Å². The van der Waals surface area contributed by atoms with Gasteiger partial charge in [0.1, 0.15) is 0 Å². The molecule has 0 radical (unpaired) electrons. The maximum Gasteiger partial charge on any atom is 2.00 e. The predicted octanol–water partition coefficient (Wildman–Crippen LogP) is -1.34. The van der Waals surface area contributed by atoms with E-state index < -0.39 is 0 Å². The van der Waals surface area contributed by atoms with E-state index in [9.17, 15) is 0 Å². The van der Waals surface area contributed by atoms with Crippen LogP contribution >= 0.6 is 0 Å². The summed E-state index contributed by atoms with van der Waals surface area (Å²) in [6.07, 6.45) is 4.65. The van der Waals surface area contributed by atoms with Gasteiger partial charge in [-0.3, -0.25) is 0 Å². The molecule has 0 aliphatic rings. The van der Waals surface area contributed by atoms with Crippen LogP contribution in [-0.4, -0.2) is 28.0 Å². The van der Waals surface area contributed by atoms with Crippen LogP contribution in [0.25, 0.3) is 10.8 Å². The third kappa shape index (κ3) is 2.34. The molecule has 1 aromatic carbocycles. The number of pyridine rings is 1. The van der Waals surface area contributed by atoms with E-state index in [1.54, 1.807) is 6.20 Å². The van der Waals surface area contributed by atoms with Crippen LogP contribution in [0.3, 0.4) is 0 Å². The summed E-state index contributed by atoms with van der Waals surface area (Å²) in [6.45, 7) is 0. The maximum absolute atomic E-state index is 3.89. The standard InChI is InChI=1S/C9H6N.ClH.Mg/c1-2-4-9-7-10-6-5-8(9)3-1;;/h1-6H;1H;/q-1;;+2/p-1. The van der Waals surface area contributed by atoms with Crippen molar-refractivity contribution < 1.29 is 12.4 Å². The molecule has 0 atom stereocenters. The van der Waals surface area contributed by atoms with Crippen LogP contribution in [0.15, 0.2) is 36.5 Å². The van der Waals surface area contributed by atoms with Gasteiger partial charge in [0.05, 0.1) is 0 Å². The largest absolute Gasteiger partial charge is 2.00 e. The maximum atomic E-state index is 3.89. The number of hydrogen-bond acceptors (Lipinski definition) is 1. The molecule has 0 saturated carbocycles. The van der Waals surface area contributed by atoms with Gasteiger partial charge in [0.25, 0.3) is 0 Å². The Kier molecular flexibility index (Phi) is 5.21. The molecular weight excluding hydrogens is 182 g/mol. The summed E-state index contributed by atoms with van der Waals surface area (Å²) in [5, 5.41) is 2.27. The molecule has 2 rings (SSSR count). The molecule has 0 aliphatic heterocycles. The van der Waals surface area contributed by atoms with Crippen molar-refractivity contribution in [1.29, 1.82) is 0 Å². The zero-order valence-electron chi connectivity index (χ0n) is 6.50. The van der Waals surface area contributed by atoms with Gasteiger partial charge in [-0.05, 0) is 6.20 Å². The van der Waals surface area contributed by atoms with Crippen LogP contribution in [0.1, 0.15) is 0 Å². The normalized spacial score (nSPS) is 8.33. The zero-order valence-corrected chi connectivity index (χ0v) is 8.67. The number of aromatic nitrogens is 1. The van der Waals surface area contributed by atoms with Gasteiger partial charge in [0, 0.05) is 0 Å². The molecule has 2 aromatic rings. The monoisotopic (exact) mass is 187 g/mol. The molecule has 0 N–H and O–H groups in total. The molecule has 1 nitrogen and oxygen atoms in total. The first-order valence-electron chi connectivity index (χ1n) is 3.18. The van der Waals surface area contributed by atoms with E-state index in [0.717, 1.165) is 5.39 Å². The Hall–Kier alpha value is -0.314. The van der Waals surface area contributed by atoms with Gasteiger partial charge in [0.15, 0.2) is 0 Å². The van der Waals surface area contributed by atoms with E-state index in [4.69, 9.17) is 0 Å². The molecule has 1 heterocycles. The third-order valence-corrected chi connectivity index (χ3v) is 1.47. The molecule has 0 amide bonds. The van der Waals surface area contributed by atoms with Gasteiger partial charge in [-0.1, -0.05) is 18.3 Å². The summed E-state index contributed by atoms with van der Waals surface area (Å²) in [7, 11) is 0. The Morgan fingerprint density at radius 1 is 1.08 bits per heavy atom. The molecule has 0 spiro atoms. The van der Waals surface area contributed by atoms with E-state index in [1.165, 1.54) is 5.39 Å². The van der Waals surface area contributed by atoms with Crippen LogP contribution < -0.4 is 12.4 Å². The molecule has 0 aliphatic carbocycles. The second-order valence-electron chi connectivity index (χ2n) is 2.14. The Bertz CT molecular complexity index is 286. The van der Waals surface area contributed by atoms with Gasteiger partial charge < -0.3 is 17.4 Å². The van der Waals surface area contributed by atoms with Gasteiger partial charge in [-0.2, -0.15) is 0 Å². The fourth-order valence-electron chi connectivity index (χ4n) is 0.969. The summed E-state index contributed by atoms with van der Waals surface area (Å²) in [5.74, 6) is 0. The quantitative estimate of drug-likeness (QED) is 0.368. The number of rotatable bonds is 0. The van der Waals surface area contributed by atoms with Gasteiger partial charge >= 0.3 is 23.1 Å². The minimum atomic E-state index is 0. The summed E-state index contributed by atoms with van der Waals surface area (Å²) < 4.78 is 0. The molecule has 0 bridgehead atoms. The summed E-state index contributed by atoms with van der Waals surface area (Å²) >= 11 is 0. The zero-order chi connectivity index (χ0) is 6.81. The van der Waals surface area contributed by atoms with E-state index in [1.807, 2.05) is 30.3 Å². The van der Waals surface area contributed by atoms with E-state index in [2.05, 4.69) is 11.2 Å². The minimum Gasteiger partial charge on any atom is -1.00 e. The average Bonchev–Trinajstić information content (AvgIpc) is 2.05. The Morgan fingerprint density at radius 2 is 1.83 bits per heavy atom. The van der Waals surface area contributed by atoms with Crippen LogP contribution in [-0.2, 0) is 0 Å². The van der Waals surface area contributed by atoms with E-state index >= 15 is 0 Å². The Morgan fingerprint density at radius 3 is 2.58 bits per heavy atom. The summed E-state index contributed by atoms with van der Waals surface area (Å²) in [6, 6.07) is 10.0. The van der Waals surface area contributed by atoms with Crippen molar-refractivity contribution in [2.75, 3.05) is 0 Å². The molecule has 0 unspecified atom stereocenters. The van der Waals surface area contributed by atoms with Gasteiger partial charge in [-0.15, -0.1) is 29.0 Å². The number of halogens is 1. The second-order valence-corrected chi connectivity index (χ2v) is 2.14. The minimum absolute atomic E-state index is 0. The molecule has 12 heavy (non-hydrogen) atoms. The summed E-state index contributed by atoms with van der Waals surface area (Å²) in [4.78, 5) is 3.89. The first kappa shape index (κ1) is 11.7. The van der Waals surface area contributed by atoms with Crippen LogP contribution in [0.2, 0.25) is 0 Å². The number of benzene rings is 1. The fourth-order valence-corrected chi connectivity index (χ4v) is 0.969. The summed E-state index contributed by atoms with van der Waals surface area (Å²) in [5.41, 5.74) is 0. The van der Waals surface area contributed by atoms with Crippen molar-refractivity contribution in [3.8, 4) is 0 Å². The van der Waals surface area contributed by atoms with Crippen molar-refractivity contribution >= 4 is 33.8 Å². The molecule has 3 heteroatoms. The molecule has 0 saturated heterocycles. The smallest absolute Gasteiger partial charge is 1.00 e. The number of fused-ring (bicyclic) bond motifs is 1. The SMILES string of the molecule is [Cl-].[Mg+2].[c-]1nccc2ccccc12. The van der Waals surface area contributed by atoms with Crippen molar-refractivity contribution in [2.24, 2.45) is 0 Å². The van der Waals surface area contributed by atoms with Crippen molar-refractivity contribution in [2.45, 2.75) is 0 Å². The number of nitrogens with zero attached hydrogens (tertiary/aromatic N) is 1. The predicted molar refractivity (Wildman–Crippen MR) is 46.3 cm³/mol. The second kappa shape index (κ2) is 5.35. The number of hydrogen-bond donors (Lipinski definition) is 0. The third-order valence-electron chi connectivity index (χ3n) is 1.47. The van der Waals surface area contributed by atoms with Gasteiger partial charge in [-0.25, -0.2) is 0 Å². The molecule has 1 aromatic heterocycles. The molecular formula is C9H6ClMgN. The Labute approximate surface area is 93.8 Å². The fraction of sp³-hybridized carbons (Fsp3) is 0. The Balaban J connectivity index is 0.000000605. The van der Waals surface area contributed by atoms with Crippen molar-refractivity contribution in [1.82, 2.24) is 4.98 Å². The topological polar surface area (TPSA) is 12.9 Å². The van der Waals surface area contributed by atoms with Crippen molar-refractivity contribution in [3.05, 3.63) is 42.7 Å². The molecule has 0 fully saturated rings. The average molecular weight is 188 g/mol. The van der Waals surface area contributed by atoms with Gasteiger partial charge in [0.2, 0.25) is 0 Å². The first-order valence-corrected chi connectivity index (χ1v) is 3.18. The van der Waals surface area contributed by atoms with Crippen LogP contribution in [0.4, 0.5) is 0 Å². The van der Waals surface area contributed by atoms with E-state index in [-0.39, 0.29) is 35.5 Å². The van der Waals surface area contributed by atoms with E-state index in [0.29, 0.717) is 0 Å².